The van der Waals surface area contributed by atoms with E-state index >= 15 is 0 Å². The van der Waals surface area contributed by atoms with Crippen molar-refractivity contribution in [2.75, 3.05) is 7.11 Å². The number of Topliss-reactive ketones (excluding diaryl/α,β-unsaturated/α-hetero) is 1. The number of rotatable bonds is 5. The second kappa shape index (κ2) is 7.74. The van der Waals surface area contributed by atoms with Crippen LogP contribution in [0.5, 0.6) is 11.6 Å². The first kappa shape index (κ1) is 20.4. The Hall–Kier alpha value is -2.89. The van der Waals surface area contributed by atoms with Crippen LogP contribution in [-0.2, 0) is 11.3 Å². The zero-order valence-corrected chi connectivity index (χ0v) is 18.1. The molecule has 158 valence electrons. The molecule has 2 aromatic rings. The van der Waals surface area contributed by atoms with E-state index in [1.165, 1.54) is 0 Å². The van der Waals surface area contributed by atoms with Crippen molar-refractivity contribution in [1.82, 2.24) is 9.55 Å². The molecule has 0 bridgehead atoms. The fraction of sp³-hybridized carbons (Fsp3) is 0.458. The number of carbonyl (C=O) groups excluding carboxylic acids is 1. The number of allylic oxidation sites excluding steroid dienone is 2. The van der Waals surface area contributed by atoms with Crippen molar-refractivity contribution in [3.63, 3.8) is 0 Å². The van der Waals surface area contributed by atoms with Crippen molar-refractivity contribution >= 4 is 5.78 Å². The zero-order valence-electron chi connectivity index (χ0n) is 18.1. The molecule has 6 nitrogen and oxygen atoms in total. The van der Waals surface area contributed by atoms with Crippen LogP contribution in [0.2, 0.25) is 0 Å². The summed E-state index contributed by atoms with van der Waals surface area (Å²) in [6.45, 7) is 7.02. The molecule has 4 rings (SSSR count). The van der Waals surface area contributed by atoms with Gasteiger partial charge in [-0.2, -0.15) is 0 Å². The number of aryl methyl sites for hydroxylation is 1. The van der Waals surface area contributed by atoms with Gasteiger partial charge in [0.25, 0.3) is 0 Å². The Kier molecular flexibility index (Phi) is 5.26. The molecule has 1 aromatic heterocycles. The van der Waals surface area contributed by atoms with Gasteiger partial charge in [-0.25, -0.2) is 4.98 Å². The van der Waals surface area contributed by atoms with E-state index in [4.69, 9.17) is 14.9 Å². The molecule has 1 aromatic carbocycles. The highest BCUT2D eigenvalue weighted by Gasteiger charge is 2.43. The van der Waals surface area contributed by atoms with Gasteiger partial charge in [0.1, 0.15) is 23.3 Å². The van der Waals surface area contributed by atoms with Crippen LogP contribution >= 0.6 is 0 Å². The van der Waals surface area contributed by atoms with Crippen LogP contribution in [0.3, 0.4) is 0 Å². The Bertz CT molecular complexity index is 1060. The van der Waals surface area contributed by atoms with Crippen LogP contribution in [0, 0.1) is 10.8 Å². The predicted molar refractivity (Wildman–Crippen MR) is 114 cm³/mol. The van der Waals surface area contributed by atoms with Crippen molar-refractivity contribution in [3.05, 3.63) is 58.5 Å². The summed E-state index contributed by atoms with van der Waals surface area (Å²) in [5.41, 5.74) is 2.50. The minimum atomic E-state index is -0.354. The third-order valence-corrected chi connectivity index (χ3v) is 5.97. The second-order valence-electron chi connectivity index (χ2n) is 8.94. The first-order valence-electron chi connectivity index (χ1n) is 10.6. The van der Waals surface area contributed by atoms with Gasteiger partial charge in [-0.1, -0.05) is 39.3 Å². The molecule has 1 N–H and O–H groups in total. The number of aromatic nitrogens is 2. The molecule has 0 fully saturated rings. The highest BCUT2D eigenvalue weighted by molar-refractivity contribution is 6.00. The summed E-state index contributed by atoms with van der Waals surface area (Å²) < 4.78 is 13.3. The molecule has 0 saturated carbocycles. The molecule has 6 heteroatoms. The summed E-state index contributed by atoms with van der Waals surface area (Å²) in [5, 5.41) is 8.90. The van der Waals surface area contributed by atoms with Crippen LogP contribution in [0.15, 0.2) is 41.9 Å². The summed E-state index contributed by atoms with van der Waals surface area (Å²) in [5.74, 6) is 1.63. The summed E-state index contributed by atoms with van der Waals surface area (Å²) in [6, 6.07) is 7.73. The number of hydrogen-bond donors (Lipinski definition) is 1. The van der Waals surface area contributed by atoms with E-state index in [0.29, 0.717) is 41.1 Å². The van der Waals surface area contributed by atoms with Crippen molar-refractivity contribution in [2.24, 2.45) is 5.41 Å². The van der Waals surface area contributed by atoms with E-state index < -0.39 is 0 Å². The number of unbranched alkanes of at least 4 members (excludes halogenated alkanes) is 1. The number of methoxy groups -OCH3 is 1. The van der Waals surface area contributed by atoms with Gasteiger partial charge in [-0.15, -0.1) is 0 Å². The molecule has 1 atom stereocenters. The van der Waals surface area contributed by atoms with Crippen molar-refractivity contribution < 1.29 is 14.3 Å². The highest BCUT2D eigenvalue weighted by atomic mass is 16.5. The maximum Gasteiger partial charge on any atom is 0.228 e. The molecule has 1 aliphatic carbocycles. The maximum absolute atomic E-state index is 13.3. The Labute approximate surface area is 177 Å². The summed E-state index contributed by atoms with van der Waals surface area (Å²) in [7, 11) is 1.63. The fourth-order valence-electron chi connectivity index (χ4n) is 4.43. The minimum Gasteiger partial charge on any atom is -0.497 e. The number of fused-ring (bicyclic) bond motifs is 1. The SMILES string of the molecule is CCCCn1cnc2c(c1=N)[C@@H](c1ccc(OC)cc1)C1=C(CC(C)(C)CC1=O)O2. The quantitative estimate of drug-likeness (QED) is 0.800. The van der Waals surface area contributed by atoms with E-state index in [1.54, 1.807) is 13.4 Å². The smallest absolute Gasteiger partial charge is 0.228 e. The Morgan fingerprint density at radius 2 is 2.00 bits per heavy atom. The van der Waals surface area contributed by atoms with Gasteiger partial charge in [0.2, 0.25) is 5.88 Å². The first-order chi connectivity index (χ1) is 14.3. The van der Waals surface area contributed by atoms with E-state index in [2.05, 4.69) is 25.8 Å². The zero-order chi connectivity index (χ0) is 21.5. The molecule has 0 spiro atoms. The molecule has 2 aliphatic rings. The van der Waals surface area contributed by atoms with Crippen molar-refractivity contribution in [3.8, 4) is 11.6 Å². The van der Waals surface area contributed by atoms with Gasteiger partial charge in [0, 0.05) is 30.9 Å². The molecule has 0 unspecified atom stereocenters. The number of carbonyl (C=O) groups is 1. The van der Waals surface area contributed by atoms with E-state index in [9.17, 15) is 4.79 Å². The molecule has 2 heterocycles. The molecule has 0 radical (unpaired) electrons. The predicted octanol–water partition coefficient (Wildman–Crippen LogP) is 4.34. The molecular weight excluding hydrogens is 378 g/mol. The summed E-state index contributed by atoms with van der Waals surface area (Å²) >= 11 is 0. The first-order valence-corrected chi connectivity index (χ1v) is 10.6. The van der Waals surface area contributed by atoms with Gasteiger partial charge in [0.15, 0.2) is 5.78 Å². The number of nitrogens with zero attached hydrogens (tertiary/aromatic N) is 2. The third-order valence-electron chi connectivity index (χ3n) is 5.97. The standard InChI is InChI=1S/C24H29N3O3/c1-5-6-11-27-14-26-23-21(22(27)25)19(15-7-9-16(29-4)10-8-15)20-17(28)12-24(2,3)13-18(20)30-23/h7-10,14,19,25H,5-6,11-13H2,1-4H3/t19-/m0/s1. The lowest BCUT2D eigenvalue weighted by molar-refractivity contribution is -0.118. The van der Waals surface area contributed by atoms with E-state index in [-0.39, 0.29) is 17.1 Å². The van der Waals surface area contributed by atoms with Gasteiger partial charge in [0.05, 0.1) is 12.7 Å². The lowest BCUT2D eigenvalue weighted by Gasteiger charge is -2.38. The minimum absolute atomic E-state index is 0.0936. The fourth-order valence-corrected chi connectivity index (χ4v) is 4.43. The molecule has 0 amide bonds. The molecule has 1 aliphatic heterocycles. The normalized spacial score (nSPS) is 19.7. The van der Waals surface area contributed by atoms with Crippen LogP contribution in [0.1, 0.15) is 63.5 Å². The number of hydrogen-bond acceptors (Lipinski definition) is 5. The van der Waals surface area contributed by atoms with Gasteiger partial charge in [-0.3, -0.25) is 10.2 Å². The number of benzene rings is 1. The van der Waals surface area contributed by atoms with Gasteiger partial charge in [-0.05, 0) is 29.5 Å². The average molecular weight is 408 g/mol. The Balaban J connectivity index is 1.91. The molecular formula is C24H29N3O3. The van der Waals surface area contributed by atoms with Crippen molar-refractivity contribution in [1.29, 1.82) is 5.41 Å². The van der Waals surface area contributed by atoms with Crippen LogP contribution in [-0.4, -0.2) is 22.4 Å². The second-order valence-corrected chi connectivity index (χ2v) is 8.94. The Morgan fingerprint density at radius 3 is 2.67 bits per heavy atom. The molecule has 30 heavy (non-hydrogen) atoms. The third kappa shape index (κ3) is 3.55. The van der Waals surface area contributed by atoms with Crippen LogP contribution in [0.25, 0.3) is 0 Å². The number of nitrogens with one attached hydrogen (secondary N) is 1. The van der Waals surface area contributed by atoms with Gasteiger partial charge < -0.3 is 14.0 Å². The average Bonchev–Trinajstić information content (AvgIpc) is 2.71. The summed E-state index contributed by atoms with van der Waals surface area (Å²) in [6.07, 6.45) is 4.83. The molecule has 0 saturated heterocycles. The maximum atomic E-state index is 13.3. The lowest BCUT2D eigenvalue weighted by atomic mass is 9.70. The monoisotopic (exact) mass is 407 g/mol. The lowest BCUT2D eigenvalue weighted by Crippen LogP contribution is -2.37. The topological polar surface area (TPSA) is 77.2 Å². The largest absolute Gasteiger partial charge is 0.497 e. The van der Waals surface area contributed by atoms with Gasteiger partial charge >= 0.3 is 0 Å². The van der Waals surface area contributed by atoms with E-state index in [1.807, 2.05) is 28.8 Å². The van der Waals surface area contributed by atoms with Crippen LogP contribution in [0.4, 0.5) is 0 Å². The van der Waals surface area contributed by atoms with E-state index in [0.717, 1.165) is 30.7 Å². The Morgan fingerprint density at radius 1 is 1.27 bits per heavy atom. The number of ketones is 1. The van der Waals surface area contributed by atoms with Crippen molar-refractivity contribution in [2.45, 2.75) is 58.9 Å². The van der Waals surface area contributed by atoms with Crippen LogP contribution < -0.4 is 15.0 Å². The highest BCUT2D eigenvalue weighted by Crippen LogP contribution is 2.48. The summed E-state index contributed by atoms with van der Waals surface area (Å²) in [4.78, 5) is 17.8. The number of ether oxygens (including phenoxy) is 2.